The van der Waals surface area contributed by atoms with Gasteiger partial charge in [-0.05, 0) is 12.1 Å². The third-order valence-corrected chi connectivity index (χ3v) is 3.74. The number of carbonyl (C=O) groups is 1. The van der Waals surface area contributed by atoms with Gasteiger partial charge < -0.3 is 5.11 Å². The minimum atomic E-state index is -0.870. The molecule has 2 rings (SSSR count). The molecule has 0 saturated heterocycles. The Morgan fingerprint density at radius 2 is 2.53 bits per heavy atom. The lowest BCUT2D eigenvalue weighted by molar-refractivity contribution is 0.0702. The van der Waals surface area contributed by atoms with Gasteiger partial charge >= 0.3 is 5.97 Å². The molecule has 0 aliphatic heterocycles. The lowest BCUT2D eigenvalue weighted by atomic mass is 10.5. The number of aromatic nitrogens is 2. The minimum absolute atomic E-state index is 0.373. The fourth-order valence-electron chi connectivity index (χ4n) is 1.02. The molecule has 0 saturated carbocycles. The molecule has 2 aromatic heterocycles. The van der Waals surface area contributed by atoms with Crippen LogP contribution in [0.1, 0.15) is 9.67 Å². The molecule has 0 amide bonds. The van der Waals surface area contributed by atoms with E-state index in [1.54, 1.807) is 28.7 Å². The molecular formula is C9H8N2O2S2. The van der Waals surface area contributed by atoms with Gasteiger partial charge in [-0.2, -0.15) is 5.10 Å². The van der Waals surface area contributed by atoms with E-state index in [9.17, 15) is 4.79 Å². The summed E-state index contributed by atoms with van der Waals surface area (Å²) in [5, 5.41) is 14.6. The molecule has 0 spiro atoms. The van der Waals surface area contributed by atoms with E-state index in [-0.39, 0.29) is 0 Å². The van der Waals surface area contributed by atoms with Crippen LogP contribution >= 0.6 is 23.1 Å². The van der Waals surface area contributed by atoms with Crippen LogP contribution in [-0.4, -0.2) is 20.9 Å². The van der Waals surface area contributed by atoms with E-state index >= 15 is 0 Å². The second kappa shape index (κ2) is 4.50. The molecule has 0 aliphatic rings. The van der Waals surface area contributed by atoms with Crippen LogP contribution in [0, 0.1) is 0 Å². The Bertz CT molecular complexity index is 450. The molecule has 15 heavy (non-hydrogen) atoms. The number of nitrogens with zero attached hydrogens (tertiary/aromatic N) is 2. The summed E-state index contributed by atoms with van der Waals surface area (Å²) in [6, 6.07) is 3.54. The smallest absolute Gasteiger partial charge is 0.345 e. The van der Waals surface area contributed by atoms with E-state index < -0.39 is 5.97 Å². The van der Waals surface area contributed by atoms with Crippen LogP contribution < -0.4 is 0 Å². The Kier molecular flexibility index (Phi) is 3.08. The van der Waals surface area contributed by atoms with Gasteiger partial charge in [0.2, 0.25) is 0 Å². The summed E-state index contributed by atoms with van der Waals surface area (Å²) in [4.78, 5) is 12.0. The molecular weight excluding hydrogens is 232 g/mol. The van der Waals surface area contributed by atoms with Crippen molar-refractivity contribution in [3.8, 4) is 0 Å². The van der Waals surface area contributed by atoms with E-state index in [0.717, 1.165) is 4.90 Å². The van der Waals surface area contributed by atoms with Gasteiger partial charge in [0.1, 0.15) is 4.88 Å². The van der Waals surface area contributed by atoms with Gasteiger partial charge in [-0.25, -0.2) is 4.79 Å². The number of hydrogen-bond acceptors (Lipinski definition) is 4. The summed E-state index contributed by atoms with van der Waals surface area (Å²) in [7, 11) is 0. The number of hydrogen-bond donors (Lipinski definition) is 1. The van der Waals surface area contributed by atoms with E-state index in [1.807, 2.05) is 17.6 Å². The van der Waals surface area contributed by atoms with Crippen molar-refractivity contribution >= 4 is 29.1 Å². The molecule has 0 atom stereocenters. The molecule has 6 heteroatoms. The van der Waals surface area contributed by atoms with Crippen LogP contribution in [0.15, 0.2) is 34.8 Å². The number of carboxylic acids is 1. The molecule has 2 heterocycles. The highest BCUT2D eigenvalue weighted by molar-refractivity contribution is 7.98. The van der Waals surface area contributed by atoms with Crippen LogP contribution in [0.4, 0.5) is 0 Å². The highest BCUT2D eigenvalue weighted by Crippen LogP contribution is 2.25. The first-order chi connectivity index (χ1) is 7.25. The summed E-state index contributed by atoms with van der Waals surface area (Å²) in [5.74, 6) is -0.172. The largest absolute Gasteiger partial charge is 0.477 e. The number of carboxylic acid groups (broad SMARTS) is 1. The van der Waals surface area contributed by atoms with Gasteiger partial charge in [0.15, 0.2) is 0 Å². The van der Waals surface area contributed by atoms with Crippen molar-refractivity contribution in [1.82, 2.24) is 9.78 Å². The maximum absolute atomic E-state index is 10.6. The SMILES string of the molecule is O=C(O)c1cc(SCn2cccn2)cs1. The molecule has 0 aromatic carbocycles. The Morgan fingerprint density at radius 3 is 3.13 bits per heavy atom. The van der Waals surface area contributed by atoms with Crippen molar-refractivity contribution in [3.05, 3.63) is 34.8 Å². The second-order valence-corrected chi connectivity index (χ2v) is 4.70. The van der Waals surface area contributed by atoms with Gasteiger partial charge in [0.25, 0.3) is 0 Å². The highest BCUT2D eigenvalue weighted by atomic mass is 32.2. The lowest BCUT2D eigenvalue weighted by Crippen LogP contribution is -1.93. The van der Waals surface area contributed by atoms with Crippen LogP contribution in [0.3, 0.4) is 0 Å². The van der Waals surface area contributed by atoms with Crippen LogP contribution in [-0.2, 0) is 5.88 Å². The zero-order valence-electron chi connectivity index (χ0n) is 7.66. The first-order valence-corrected chi connectivity index (χ1v) is 6.04. The monoisotopic (exact) mass is 240 g/mol. The van der Waals surface area contributed by atoms with Crippen molar-refractivity contribution in [3.63, 3.8) is 0 Å². The van der Waals surface area contributed by atoms with E-state index in [1.165, 1.54) is 11.3 Å². The summed E-state index contributed by atoms with van der Waals surface area (Å²) >= 11 is 2.81. The van der Waals surface area contributed by atoms with Crippen molar-refractivity contribution in [2.45, 2.75) is 10.8 Å². The zero-order chi connectivity index (χ0) is 10.7. The average Bonchev–Trinajstić information content (AvgIpc) is 2.86. The first-order valence-electron chi connectivity index (χ1n) is 4.18. The topological polar surface area (TPSA) is 55.1 Å². The van der Waals surface area contributed by atoms with Gasteiger partial charge in [-0.15, -0.1) is 23.1 Å². The molecule has 4 nitrogen and oxygen atoms in total. The zero-order valence-corrected chi connectivity index (χ0v) is 9.29. The molecule has 0 unspecified atom stereocenters. The third kappa shape index (κ3) is 2.60. The van der Waals surface area contributed by atoms with E-state index in [2.05, 4.69) is 5.10 Å². The van der Waals surface area contributed by atoms with Crippen molar-refractivity contribution < 1.29 is 9.90 Å². The van der Waals surface area contributed by atoms with Crippen molar-refractivity contribution in [1.29, 1.82) is 0 Å². The molecule has 0 fully saturated rings. The molecule has 2 aromatic rings. The molecule has 78 valence electrons. The maximum Gasteiger partial charge on any atom is 0.345 e. The van der Waals surface area contributed by atoms with E-state index in [4.69, 9.17) is 5.11 Å². The van der Waals surface area contributed by atoms with Gasteiger partial charge in [0, 0.05) is 22.7 Å². The number of rotatable bonds is 4. The van der Waals surface area contributed by atoms with Crippen molar-refractivity contribution in [2.75, 3.05) is 0 Å². The predicted octanol–water partition coefficient (Wildman–Crippen LogP) is 2.39. The predicted molar refractivity (Wildman–Crippen MR) is 59.4 cm³/mol. The molecule has 0 bridgehead atoms. The summed E-state index contributed by atoms with van der Waals surface area (Å²) < 4.78 is 1.79. The fraction of sp³-hybridized carbons (Fsp3) is 0.111. The van der Waals surface area contributed by atoms with Crippen LogP contribution in [0.25, 0.3) is 0 Å². The van der Waals surface area contributed by atoms with Crippen molar-refractivity contribution in [2.24, 2.45) is 0 Å². The van der Waals surface area contributed by atoms with Crippen LogP contribution in [0.2, 0.25) is 0 Å². The normalized spacial score (nSPS) is 10.4. The summed E-state index contributed by atoms with van der Waals surface area (Å²) in [5.41, 5.74) is 0. The minimum Gasteiger partial charge on any atom is -0.477 e. The average molecular weight is 240 g/mol. The maximum atomic E-state index is 10.6. The second-order valence-electron chi connectivity index (χ2n) is 2.77. The Labute approximate surface area is 94.5 Å². The van der Waals surface area contributed by atoms with Crippen LogP contribution in [0.5, 0.6) is 0 Å². The molecule has 0 radical (unpaired) electrons. The Hall–Kier alpha value is -1.27. The van der Waals surface area contributed by atoms with E-state index in [0.29, 0.717) is 10.8 Å². The quantitative estimate of drug-likeness (QED) is 0.834. The number of thiophene rings is 1. The summed E-state index contributed by atoms with van der Waals surface area (Å²) in [6.07, 6.45) is 3.59. The summed E-state index contributed by atoms with van der Waals surface area (Å²) in [6.45, 7) is 0. The number of aromatic carboxylic acids is 1. The Morgan fingerprint density at radius 1 is 1.67 bits per heavy atom. The number of thioether (sulfide) groups is 1. The fourth-order valence-corrected chi connectivity index (χ4v) is 2.76. The third-order valence-electron chi connectivity index (χ3n) is 1.71. The highest BCUT2D eigenvalue weighted by Gasteiger charge is 2.06. The van der Waals surface area contributed by atoms with Gasteiger partial charge in [-0.1, -0.05) is 0 Å². The Balaban J connectivity index is 1.96. The molecule has 1 N–H and O–H groups in total. The standard InChI is InChI=1S/C9H8N2O2S2/c12-9(13)8-4-7(5-14-8)15-6-11-3-1-2-10-11/h1-5H,6H2,(H,12,13). The molecule has 0 aliphatic carbocycles. The first kappa shape index (κ1) is 10.3. The lowest BCUT2D eigenvalue weighted by Gasteiger charge is -1.97. The van der Waals surface area contributed by atoms with Gasteiger partial charge in [-0.3, -0.25) is 4.68 Å². The van der Waals surface area contributed by atoms with Gasteiger partial charge in [0.05, 0.1) is 5.88 Å².